The molecule has 1 aromatic heterocycles. The van der Waals surface area contributed by atoms with Gasteiger partial charge in [-0.3, -0.25) is 9.59 Å². The lowest BCUT2D eigenvalue weighted by molar-refractivity contribution is 0.0949. The van der Waals surface area contributed by atoms with Gasteiger partial charge in [0, 0.05) is 37.2 Å². The smallest absolute Gasteiger partial charge is 0.257 e. The lowest BCUT2D eigenvalue weighted by atomic mass is 10.1. The molecule has 5 nitrogen and oxygen atoms in total. The topological polar surface area (TPSA) is 65.2 Å². The normalized spacial score (nSPS) is 10.7. The number of fused-ring (bicyclic) bond motifs is 1. The van der Waals surface area contributed by atoms with Gasteiger partial charge in [0.25, 0.3) is 5.91 Å². The van der Waals surface area contributed by atoms with Crippen LogP contribution in [0.1, 0.15) is 15.9 Å². The second kappa shape index (κ2) is 6.99. The van der Waals surface area contributed by atoms with Crippen LogP contribution in [-0.2, 0) is 6.54 Å². The fourth-order valence-corrected chi connectivity index (χ4v) is 2.78. The molecule has 0 aliphatic heterocycles. The molecule has 0 saturated heterocycles. The van der Waals surface area contributed by atoms with Crippen LogP contribution in [0.2, 0.25) is 5.02 Å². The number of halogens is 1. The summed E-state index contributed by atoms with van der Waals surface area (Å²) in [4.78, 5) is 30.1. The van der Waals surface area contributed by atoms with Gasteiger partial charge in [-0.25, -0.2) is 0 Å². The molecule has 1 amide bonds. The third-order valence-corrected chi connectivity index (χ3v) is 4.24. The number of aromatic nitrogens is 1. The number of para-hydroxylation sites is 1. The van der Waals surface area contributed by atoms with E-state index in [1.165, 1.54) is 6.20 Å². The van der Waals surface area contributed by atoms with Gasteiger partial charge in [0.2, 0.25) is 5.43 Å². The van der Waals surface area contributed by atoms with Crippen LogP contribution < -0.4 is 15.6 Å². The molecular formula is C19H18ClN3O2. The van der Waals surface area contributed by atoms with Gasteiger partial charge in [0.05, 0.1) is 11.2 Å². The standard InChI is InChI=1S/C19H18ClN3O2/c1-23(2)16-5-3-4-14-17(16)21-11-15(18(14)24)19(25)22-10-12-6-8-13(20)9-7-12/h3-9,11H,10H2,1-2H3,(H,21,24)(H,22,25). The Kier molecular flexibility index (Phi) is 4.76. The highest BCUT2D eigenvalue weighted by Gasteiger charge is 2.14. The molecule has 0 aliphatic rings. The van der Waals surface area contributed by atoms with E-state index in [1.807, 2.05) is 43.3 Å². The summed E-state index contributed by atoms with van der Waals surface area (Å²) < 4.78 is 0. The maximum Gasteiger partial charge on any atom is 0.257 e. The first-order valence-electron chi connectivity index (χ1n) is 7.82. The quantitative estimate of drug-likeness (QED) is 0.755. The maximum atomic E-state index is 12.7. The first-order chi connectivity index (χ1) is 12.0. The number of amides is 1. The van der Waals surface area contributed by atoms with Crippen LogP contribution in [0.4, 0.5) is 5.69 Å². The van der Waals surface area contributed by atoms with Crippen molar-refractivity contribution in [3.63, 3.8) is 0 Å². The minimum Gasteiger partial charge on any atom is -0.376 e. The van der Waals surface area contributed by atoms with Gasteiger partial charge in [-0.2, -0.15) is 0 Å². The molecule has 1 heterocycles. The van der Waals surface area contributed by atoms with Gasteiger partial charge >= 0.3 is 0 Å². The van der Waals surface area contributed by atoms with Crippen molar-refractivity contribution in [1.82, 2.24) is 10.3 Å². The van der Waals surface area contributed by atoms with Crippen molar-refractivity contribution < 1.29 is 4.79 Å². The van der Waals surface area contributed by atoms with Crippen molar-refractivity contribution in [2.75, 3.05) is 19.0 Å². The monoisotopic (exact) mass is 355 g/mol. The summed E-state index contributed by atoms with van der Waals surface area (Å²) in [5.41, 5.74) is 2.32. The average molecular weight is 356 g/mol. The molecule has 128 valence electrons. The maximum absolute atomic E-state index is 12.7. The third kappa shape index (κ3) is 3.51. The molecule has 3 aromatic rings. The Morgan fingerprint density at radius 1 is 1.16 bits per heavy atom. The molecule has 0 unspecified atom stereocenters. The SMILES string of the molecule is CN(C)c1cccc2c(=O)c(C(=O)NCc3ccc(Cl)cc3)c[nH]c12. The second-order valence-corrected chi connectivity index (χ2v) is 6.37. The van der Waals surface area contributed by atoms with Crippen LogP contribution in [0, 0.1) is 0 Å². The van der Waals surface area contributed by atoms with Gasteiger partial charge < -0.3 is 15.2 Å². The Bertz CT molecular complexity index is 978. The van der Waals surface area contributed by atoms with E-state index in [4.69, 9.17) is 11.6 Å². The number of pyridine rings is 1. The van der Waals surface area contributed by atoms with Crippen molar-refractivity contribution in [2.45, 2.75) is 6.54 Å². The van der Waals surface area contributed by atoms with Gasteiger partial charge in [-0.05, 0) is 29.8 Å². The van der Waals surface area contributed by atoms with E-state index in [-0.39, 0.29) is 11.0 Å². The van der Waals surface area contributed by atoms with E-state index in [9.17, 15) is 9.59 Å². The highest BCUT2D eigenvalue weighted by Crippen LogP contribution is 2.21. The first kappa shape index (κ1) is 17.0. The van der Waals surface area contributed by atoms with Crippen LogP contribution in [0.3, 0.4) is 0 Å². The minimum absolute atomic E-state index is 0.0948. The number of aromatic amines is 1. The fourth-order valence-electron chi connectivity index (χ4n) is 2.66. The summed E-state index contributed by atoms with van der Waals surface area (Å²) in [5, 5.41) is 3.89. The summed E-state index contributed by atoms with van der Waals surface area (Å²) in [7, 11) is 3.81. The summed E-state index contributed by atoms with van der Waals surface area (Å²) >= 11 is 5.85. The first-order valence-corrected chi connectivity index (χ1v) is 8.19. The average Bonchev–Trinajstić information content (AvgIpc) is 2.61. The number of hydrogen-bond donors (Lipinski definition) is 2. The molecule has 3 rings (SSSR count). The molecule has 0 atom stereocenters. The minimum atomic E-state index is -0.409. The van der Waals surface area contributed by atoms with Crippen molar-refractivity contribution >= 4 is 34.1 Å². The molecule has 2 N–H and O–H groups in total. The third-order valence-electron chi connectivity index (χ3n) is 3.99. The summed E-state index contributed by atoms with van der Waals surface area (Å²) in [5.74, 6) is -0.409. The largest absolute Gasteiger partial charge is 0.376 e. The van der Waals surface area contributed by atoms with Gasteiger partial charge in [0.15, 0.2) is 0 Å². The van der Waals surface area contributed by atoms with E-state index in [1.54, 1.807) is 18.2 Å². The lowest BCUT2D eigenvalue weighted by Crippen LogP contribution is -2.28. The molecule has 0 bridgehead atoms. The van der Waals surface area contributed by atoms with Gasteiger partial charge in [0.1, 0.15) is 5.56 Å². The Hall–Kier alpha value is -2.79. The molecule has 0 aliphatic carbocycles. The van der Waals surface area contributed by atoms with Crippen molar-refractivity contribution in [2.24, 2.45) is 0 Å². The number of carbonyl (C=O) groups is 1. The molecule has 2 aromatic carbocycles. The Balaban J connectivity index is 1.88. The Morgan fingerprint density at radius 3 is 2.56 bits per heavy atom. The fraction of sp³-hybridized carbons (Fsp3) is 0.158. The van der Waals surface area contributed by atoms with Crippen LogP contribution in [0.15, 0.2) is 53.5 Å². The zero-order valence-corrected chi connectivity index (χ0v) is 14.7. The zero-order valence-electron chi connectivity index (χ0n) is 14.0. The highest BCUT2D eigenvalue weighted by atomic mass is 35.5. The zero-order chi connectivity index (χ0) is 18.0. The number of rotatable bonds is 4. The van der Waals surface area contributed by atoms with E-state index in [0.29, 0.717) is 22.5 Å². The second-order valence-electron chi connectivity index (χ2n) is 5.93. The number of H-pyrrole nitrogens is 1. The van der Waals surface area contributed by atoms with Crippen molar-refractivity contribution in [1.29, 1.82) is 0 Å². The van der Waals surface area contributed by atoms with Crippen molar-refractivity contribution in [3.8, 4) is 0 Å². The van der Waals surface area contributed by atoms with Crippen LogP contribution in [0.5, 0.6) is 0 Å². The molecular weight excluding hydrogens is 338 g/mol. The number of benzene rings is 2. The molecule has 0 saturated carbocycles. The molecule has 6 heteroatoms. The summed E-state index contributed by atoms with van der Waals surface area (Å²) in [6.07, 6.45) is 1.47. The Labute approximate surface area is 150 Å². The van der Waals surface area contributed by atoms with Gasteiger partial charge in [-0.15, -0.1) is 0 Å². The number of nitrogens with one attached hydrogen (secondary N) is 2. The number of anilines is 1. The van der Waals surface area contributed by atoms with Crippen LogP contribution in [-0.4, -0.2) is 25.0 Å². The van der Waals surface area contributed by atoms with Crippen LogP contribution >= 0.6 is 11.6 Å². The van der Waals surface area contributed by atoms with E-state index in [0.717, 1.165) is 11.3 Å². The summed E-state index contributed by atoms with van der Waals surface area (Å²) in [6.45, 7) is 0.325. The van der Waals surface area contributed by atoms with E-state index < -0.39 is 5.91 Å². The molecule has 0 spiro atoms. The van der Waals surface area contributed by atoms with E-state index in [2.05, 4.69) is 10.3 Å². The number of nitrogens with zero attached hydrogens (tertiary/aromatic N) is 1. The predicted molar refractivity (Wildman–Crippen MR) is 102 cm³/mol. The molecule has 25 heavy (non-hydrogen) atoms. The lowest BCUT2D eigenvalue weighted by Gasteiger charge is -2.15. The highest BCUT2D eigenvalue weighted by molar-refractivity contribution is 6.30. The molecule has 0 fully saturated rings. The predicted octanol–water partition coefficient (Wildman–Crippen LogP) is 3.18. The van der Waals surface area contributed by atoms with E-state index >= 15 is 0 Å². The number of hydrogen-bond acceptors (Lipinski definition) is 3. The van der Waals surface area contributed by atoms with Gasteiger partial charge in [-0.1, -0.05) is 29.8 Å². The summed E-state index contributed by atoms with van der Waals surface area (Å²) in [6, 6.07) is 12.6. The number of carbonyl (C=O) groups excluding carboxylic acids is 1. The van der Waals surface area contributed by atoms with Crippen LogP contribution in [0.25, 0.3) is 10.9 Å². The Morgan fingerprint density at radius 2 is 1.88 bits per heavy atom. The molecule has 0 radical (unpaired) electrons. The van der Waals surface area contributed by atoms with Crippen molar-refractivity contribution in [3.05, 3.63) is 75.0 Å².